The van der Waals surface area contributed by atoms with Crippen LogP contribution >= 0.6 is 19.0 Å². The Bertz CT molecular complexity index is 281. The molecule has 0 spiro atoms. The molecule has 0 aromatic heterocycles. The van der Waals surface area contributed by atoms with Crippen LogP contribution in [-0.2, 0) is 13.9 Å². The number of rotatable bonds is 5. The van der Waals surface area contributed by atoms with Gasteiger partial charge in [-0.15, -0.1) is 0 Å². The minimum Gasteiger partial charge on any atom is -0.478 e. The number of hydrogen-bond donors (Lipinski definition) is 1. The average molecular weight is 241 g/mol. The van der Waals surface area contributed by atoms with Crippen molar-refractivity contribution in [3.63, 3.8) is 0 Å². The van der Waals surface area contributed by atoms with Gasteiger partial charge in [0.1, 0.15) is 0 Å². The fourth-order valence-electron chi connectivity index (χ4n) is 0.959. The lowest BCUT2D eigenvalue weighted by Gasteiger charge is -2.15. The Hall–Kier alpha value is -0.310. The van der Waals surface area contributed by atoms with Crippen LogP contribution in [0.1, 0.15) is 13.3 Å². The summed E-state index contributed by atoms with van der Waals surface area (Å²) >= 11 is 5.31. The van der Waals surface area contributed by atoms with E-state index in [0.717, 1.165) is 5.54 Å². The Morgan fingerprint density at radius 1 is 1.64 bits per heavy atom. The molecule has 0 saturated carbocycles. The third-order valence-electron chi connectivity index (χ3n) is 1.35. The van der Waals surface area contributed by atoms with E-state index in [1.54, 1.807) is 6.92 Å². The van der Waals surface area contributed by atoms with Gasteiger partial charge in [-0.25, -0.2) is 4.79 Å². The molecule has 1 N–H and O–H groups in total. The van der Waals surface area contributed by atoms with Gasteiger partial charge in [0.2, 0.25) is 0 Å². The lowest BCUT2D eigenvalue weighted by Crippen LogP contribution is -2.11. The van der Waals surface area contributed by atoms with E-state index in [4.69, 9.17) is 21.2 Å². The van der Waals surface area contributed by atoms with Gasteiger partial charge < -0.3 is 9.63 Å². The van der Waals surface area contributed by atoms with Crippen LogP contribution < -0.4 is 0 Å². The minimum absolute atomic E-state index is 0.0487. The van der Waals surface area contributed by atoms with Crippen molar-refractivity contribution in [3.8, 4) is 0 Å². The molecule has 0 aliphatic rings. The molecular weight excluding hydrogens is 227 g/mol. The SMILES string of the molecule is CC(CC(=CCl)C(=O)O)OP(C)(C)=O. The molecule has 0 aliphatic heterocycles. The van der Waals surface area contributed by atoms with Crippen LogP contribution in [0.4, 0.5) is 0 Å². The average Bonchev–Trinajstić information content (AvgIpc) is 1.96. The lowest BCUT2D eigenvalue weighted by molar-refractivity contribution is -0.133. The van der Waals surface area contributed by atoms with Crippen LogP contribution in [0.15, 0.2) is 11.1 Å². The Kier molecular flexibility index (Phi) is 5.42. The van der Waals surface area contributed by atoms with E-state index in [0.29, 0.717) is 0 Å². The van der Waals surface area contributed by atoms with Crippen LogP contribution in [-0.4, -0.2) is 30.5 Å². The summed E-state index contributed by atoms with van der Waals surface area (Å²) in [5, 5.41) is 8.64. The number of carbonyl (C=O) groups is 1. The fourth-order valence-corrected chi connectivity index (χ4v) is 2.08. The molecule has 0 aromatic rings. The smallest absolute Gasteiger partial charge is 0.332 e. The number of carboxylic acid groups (broad SMARTS) is 1. The van der Waals surface area contributed by atoms with Crippen molar-refractivity contribution >= 4 is 24.9 Å². The van der Waals surface area contributed by atoms with Gasteiger partial charge in [-0.05, 0) is 6.92 Å². The van der Waals surface area contributed by atoms with Crippen LogP contribution in [0.2, 0.25) is 0 Å². The Morgan fingerprint density at radius 2 is 2.14 bits per heavy atom. The predicted octanol–water partition coefficient (Wildman–Crippen LogP) is 2.53. The van der Waals surface area contributed by atoms with Gasteiger partial charge in [-0.3, -0.25) is 4.57 Å². The van der Waals surface area contributed by atoms with Gasteiger partial charge >= 0.3 is 5.97 Å². The van der Waals surface area contributed by atoms with Crippen LogP contribution in [0.3, 0.4) is 0 Å². The topological polar surface area (TPSA) is 63.6 Å². The van der Waals surface area contributed by atoms with Gasteiger partial charge in [-0.1, -0.05) is 11.6 Å². The number of carboxylic acids is 1. The van der Waals surface area contributed by atoms with Gasteiger partial charge in [0.15, 0.2) is 7.37 Å². The van der Waals surface area contributed by atoms with Crippen molar-refractivity contribution in [2.24, 2.45) is 0 Å². The molecule has 0 amide bonds. The maximum Gasteiger partial charge on any atom is 0.332 e. The maximum atomic E-state index is 11.2. The summed E-state index contributed by atoms with van der Waals surface area (Å²) in [5.41, 5.74) is 1.05. The second-order valence-corrected chi connectivity index (χ2v) is 6.24. The van der Waals surface area contributed by atoms with E-state index < -0.39 is 19.4 Å². The van der Waals surface area contributed by atoms with Crippen molar-refractivity contribution < 1.29 is 19.0 Å². The van der Waals surface area contributed by atoms with E-state index in [2.05, 4.69) is 0 Å². The third kappa shape index (κ3) is 6.19. The number of halogens is 1. The van der Waals surface area contributed by atoms with Gasteiger partial charge in [0, 0.05) is 25.3 Å². The zero-order chi connectivity index (χ0) is 11.4. The highest BCUT2D eigenvalue weighted by Gasteiger charge is 2.17. The van der Waals surface area contributed by atoms with Crippen molar-refractivity contribution in [1.82, 2.24) is 0 Å². The molecule has 0 fully saturated rings. The first kappa shape index (κ1) is 13.7. The third-order valence-corrected chi connectivity index (χ3v) is 2.48. The van der Waals surface area contributed by atoms with Crippen LogP contribution in [0.25, 0.3) is 0 Å². The molecule has 82 valence electrons. The molecule has 6 heteroatoms. The molecule has 0 aromatic carbocycles. The summed E-state index contributed by atoms with van der Waals surface area (Å²) in [5.74, 6) is -1.09. The van der Waals surface area contributed by atoms with Crippen LogP contribution in [0.5, 0.6) is 0 Å². The quantitative estimate of drug-likeness (QED) is 0.592. The van der Waals surface area contributed by atoms with Crippen molar-refractivity contribution in [2.75, 3.05) is 13.3 Å². The Balaban J connectivity index is 4.25. The molecule has 4 nitrogen and oxygen atoms in total. The standard InChI is InChI=1S/C8H14ClO4P/c1-6(13-14(2,3)12)4-7(5-9)8(10)11/h5-6H,4H2,1-3H3,(H,10,11). The lowest BCUT2D eigenvalue weighted by atomic mass is 10.1. The van der Waals surface area contributed by atoms with Gasteiger partial charge in [0.25, 0.3) is 0 Å². The fraction of sp³-hybridized carbons (Fsp3) is 0.625. The van der Waals surface area contributed by atoms with Crippen molar-refractivity contribution in [3.05, 3.63) is 11.1 Å². The zero-order valence-corrected chi connectivity index (χ0v) is 10.0. The Morgan fingerprint density at radius 3 is 2.43 bits per heavy atom. The first-order valence-corrected chi connectivity index (χ1v) is 6.97. The zero-order valence-electron chi connectivity index (χ0n) is 8.36. The molecule has 14 heavy (non-hydrogen) atoms. The summed E-state index contributed by atoms with van der Waals surface area (Å²) in [6.07, 6.45) is -0.276. The normalized spacial score (nSPS) is 15.3. The Labute approximate surface area is 88.4 Å². The molecule has 1 unspecified atom stereocenters. The van der Waals surface area contributed by atoms with Crippen molar-refractivity contribution in [2.45, 2.75) is 19.4 Å². The second-order valence-electron chi connectivity index (χ2n) is 3.31. The van der Waals surface area contributed by atoms with Crippen molar-refractivity contribution in [1.29, 1.82) is 0 Å². The highest BCUT2D eigenvalue weighted by atomic mass is 35.5. The summed E-state index contributed by atoms with van der Waals surface area (Å²) in [6.45, 7) is 4.62. The van der Waals surface area contributed by atoms with E-state index in [-0.39, 0.29) is 12.0 Å². The molecule has 0 bridgehead atoms. The highest BCUT2D eigenvalue weighted by Crippen LogP contribution is 2.39. The van der Waals surface area contributed by atoms with E-state index in [1.807, 2.05) is 0 Å². The predicted molar refractivity (Wildman–Crippen MR) is 56.2 cm³/mol. The molecule has 0 saturated heterocycles. The first-order chi connectivity index (χ1) is 6.26. The molecule has 0 rings (SSSR count). The number of aliphatic carboxylic acids is 1. The van der Waals surface area contributed by atoms with E-state index in [9.17, 15) is 9.36 Å². The molecular formula is C8H14ClO4P. The number of hydrogen-bond acceptors (Lipinski definition) is 3. The molecule has 0 aliphatic carbocycles. The molecule has 0 radical (unpaired) electrons. The maximum absolute atomic E-state index is 11.2. The summed E-state index contributed by atoms with van der Waals surface area (Å²) in [6, 6.07) is 0. The van der Waals surface area contributed by atoms with Crippen LogP contribution in [0, 0.1) is 0 Å². The minimum atomic E-state index is -2.58. The van der Waals surface area contributed by atoms with Gasteiger partial charge in [0.05, 0.1) is 11.7 Å². The summed E-state index contributed by atoms with van der Waals surface area (Å²) in [4.78, 5) is 10.6. The first-order valence-electron chi connectivity index (χ1n) is 4.02. The second kappa shape index (κ2) is 5.54. The van der Waals surface area contributed by atoms with E-state index >= 15 is 0 Å². The van der Waals surface area contributed by atoms with Gasteiger partial charge in [-0.2, -0.15) is 0 Å². The monoisotopic (exact) mass is 240 g/mol. The molecule has 0 heterocycles. The van der Waals surface area contributed by atoms with E-state index in [1.165, 1.54) is 13.3 Å². The summed E-state index contributed by atoms with van der Waals surface area (Å²) < 4.78 is 16.4. The molecule has 1 atom stereocenters. The largest absolute Gasteiger partial charge is 0.478 e. The highest BCUT2D eigenvalue weighted by molar-refractivity contribution is 7.57. The summed E-state index contributed by atoms with van der Waals surface area (Å²) in [7, 11) is -2.58.